The number of pyridine rings is 1. The third kappa shape index (κ3) is 4.68. The zero-order valence-corrected chi connectivity index (χ0v) is 14.9. The van der Waals surface area contributed by atoms with Gasteiger partial charge in [0.1, 0.15) is 34.4 Å². The van der Waals surface area contributed by atoms with Gasteiger partial charge in [-0.3, -0.25) is 9.79 Å². The van der Waals surface area contributed by atoms with Crippen molar-refractivity contribution in [1.29, 1.82) is 0 Å². The van der Waals surface area contributed by atoms with Crippen molar-refractivity contribution in [2.45, 2.75) is 19.4 Å². The second-order valence-electron chi connectivity index (χ2n) is 5.53. The van der Waals surface area contributed by atoms with Crippen LogP contribution in [0.4, 0.5) is 0 Å². The molecule has 8 heteroatoms. The molecule has 24 heavy (non-hydrogen) atoms. The van der Waals surface area contributed by atoms with E-state index in [2.05, 4.69) is 9.98 Å². The fraction of sp³-hybridized carbons (Fsp3) is 0.562. The van der Waals surface area contributed by atoms with Crippen molar-refractivity contribution in [2.75, 3.05) is 39.3 Å². The minimum Gasteiger partial charge on any atom is -0.505 e. The first kappa shape index (κ1) is 18.7. The molecule has 2 heterocycles. The van der Waals surface area contributed by atoms with Gasteiger partial charge < -0.3 is 19.3 Å². The predicted molar refractivity (Wildman–Crippen MR) is 92.2 cm³/mol. The number of ether oxygens (including phenoxy) is 3. The first-order valence-electron chi connectivity index (χ1n) is 7.59. The molecule has 0 radical (unpaired) electrons. The summed E-state index contributed by atoms with van der Waals surface area (Å²) in [6.07, 6.45) is 1.52. The summed E-state index contributed by atoms with van der Waals surface area (Å²) in [6.45, 7) is 5.12. The summed E-state index contributed by atoms with van der Waals surface area (Å²) < 4.78 is 15.6. The van der Waals surface area contributed by atoms with Crippen molar-refractivity contribution >= 4 is 22.6 Å². The first-order chi connectivity index (χ1) is 11.5. The minimum atomic E-state index is -0.747. The summed E-state index contributed by atoms with van der Waals surface area (Å²) in [5.74, 6) is 0.977. The fourth-order valence-electron chi connectivity index (χ4n) is 1.94. The van der Waals surface area contributed by atoms with E-state index in [-0.39, 0.29) is 11.5 Å². The van der Waals surface area contributed by atoms with Crippen molar-refractivity contribution < 1.29 is 24.1 Å². The normalized spacial score (nSPS) is 20.0. The van der Waals surface area contributed by atoms with Gasteiger partial charge in [0.05, 0.1) is 26.0 Å². The van der Waals surface area contributed by atoms with Crippen LogP contribution >= 0.6 is 11.8 Å². The molecule has 0 fully saturated rings. The number of ketones is 1. The van der Waals surface area contributed by atoms with Gasteiger partial charge in [-0.25, -0.2) is 4.98 Å². The molecule has 132 valence electrons. The molecule has 2 rings (SSSR count). The number of Topliss-reactive ketones (excluding diaryl/α,β-unsaturated/α-hetero) is 1. The van der Waals surface area contributed by atoms with Gasteiger partial charge >= 0.3 is 0 Å². The second kappa shape index (κ2) is 8.46. The number of aromatic hydroxyl groups is 1. The molecule has 1 aromatic rings. The van der Waals surface area contributed by atoms with Gasteiger partial charge in [-0.15, -0.1) is 11.8 Å². The summed E-state index contributed by atoms with van der Waals surface area (Å²) in [4.78, 5) is 20.3. The van der Waals surface area contributed by atoms with E-state index in [4.69, 9.17) is 14.2 Å². The van der Waals surface area contributed by atoms with E-state index in [0.717, 1.165) is 0 Å². The molecule has 0 saturated carbocycles. The number of nitrogens with zero attached hydrogens (tertiary/aromatic N) is 2. The maximum Gasteiger partial charge on any atom is 0.157 e. The highest BCUT2D eigenvalue weighted by molar-refractivity contribution is 8.14. The standard InChI is InChI=1S/C16H22N2O5S/c1-11(19)16(2)10-24-15(18-16)14-13(20)8-12(9-17-14)23-7-6-22-5-4-21-3/h8-9,20H,4-7,10H2,1-3H3. The van der Waals surface area contributed by atoms with Gasteiger partial charge in [-0.2, -0.15) is 0 Å². The SMILES string of the molecule is COCCOCCOc1cnc(C2=NC(C)(C(C)=O)CS2)c(O)c1. The van der Waals surface area contributed by atoms with Gasteiger partial charge in [-0.05, 0) is 13.8 Å². The zero-order valence-electron chi connectivity index (χ0n) is 14.1. The molecule has 0 saturated heterocycles. The topological polar surface area (TPSA) is 90.2 Å². The lowest BCUT2D eigenvalue weighted by Crippen LogP contribution is -2.31. The van der Waals surface area contributed by atoms with Gasteiger partial charge in [-0.1, -0.05) is 0 Å². The highest BCUT2D eigenvalue weighted by atomic mass is 32.2. The monoisotopic (exact) mass is 354 g/mol. The van der Waals surface area contributed by atoms with E-state index in [0.29, 0.717) is 48.7 Å². The van der Waals surface area contributed by atoms with E-state index in [1.165, 1.54) is 30.9 Å². The molecule has 1 N–H and O–H groups in total. The summed E-state index contributed by atoms with van der Waals surface area (Å²) in [6, 6.07) is 1.49. The van der Waals surface area contributed by atoms with E-state index >= 15 is 0 Å². The van der Waals surface area contributed by atoms with Gasteiger partial charge in [0.2, 0.25) is 0 Å². The fourth-order valence-corrected chi connectivity index (χ4v) is 3.19. The largest absolute Gasteiger partial charge is 0.505 e. The number of rotatable bonds is 9. The number of thioether (sulfide) groups is 1. The molecule has 1 unspecified atom stereocenters. The van der Waals surface area contributed by atoms with Crippen molar-refractivity contribution in [3.8, 4) is 11.5 Å². The van der Waals surface area contributed by atoms with Crippen LogP contribution in [-0.4, -0.2) is 65.7 Å². The van der Waals surface area contributed by atoms with Crippen molar-refractivity contribution in [1.82, 2.24) is 4.98 Å². The Morgan fingerprint density at radius 2 is 2.12 bits per heavy atom. The molecule has 0 aromatic carbocycles. The van der Waals surface area contributed by atoms with E-state index in [9.17, 15) is 9.90 Å². The molecule has 0 aliphatic carbocycles. The molecule has 1 aliphatic rings. The van der Waals surface area contributed by atoms with Crippen molar-refractivity contribution in [2.24, 2.45) is 4.99 Å². The van der Waals surface area contributed by atoms with Crippen LogP contribution in [0.25, 0.3) is 0 Å². The number of methoxy groups -OCH3 is 1. The average molecular weight is 354 g/mol. The molecular formula is C16H22N2O5S. The highest BCUT2D eigenvalue weighted by Gasteiger charge is 2.36. The Hall–Kier alpha value is -1.64. The number of hydrogen-bond donors (Lipinski definition) is 1. The average Bonchev–Trinajstić information content (AvgIpc) is 2.94. The summed E-state index contributed by atoms with van der Waals surface area (Å²) in [5.41, 5.74) is -0.378. The quantitative estimate of drug-likeness (QED) is 0.675. The van der Waals surface area contributed by atoms with Crippen LogP contribution < -0.4 is 4.74 Å². The van der Waals surface area contributed by atoms with Crippen LogP contribution in [0.3, 0.4) is 0 Å². The Morgan fingerprint density at radius 1 is 1.38 bits per heavy atom. The highest BCUT2D eigenvalue weighted by Crippen LogP contribution is 2.34. The van der Waals surface area contributed by atoms with Gasteiger partial charge in [0, 0.05) is 18.9 Å². The third-order valence-corrected chi connectivity index (χ3v) is 4.83. The number of carbonyl (C=O) groups is 1. The number of aliphatic imine (C=N–C) groups is 1. The van der Waals surface area contributed by atoms with Gasteiger partial charge in [0.15, 0.2) is 5.78 Å². The van der Waals surface area contributed by atoms with E-state index in [1.807, 2.05) is 0 Å². The lowest BCUT2D eigenvalue weighted by atomic mass is 10.0. The Labute approximate surface area is 145 Å². The Bertz CT molecular complexity index is 622. The number of aromatic nitrogens is 1. The Kier molecular flexibility index (Phi) is 6.59. The summed E-state index contributed by atoms with van der Waals surface area (Å²) in [5, 5.41) is 10.7. The minimum absolute atomic E-state index is 0.00193. The van der Waals surface area contributed by atoms with E-state index in [1.54, 1.807) is 14.0 Å². The Morgan fingerprint density at radius 3 is 2.75 bits per heavy atom. The zero-order chi connectivity index (χ0) is 17.6. The van der Waals surface area contributed by atoms with Crippen LogP contribution in [0.1, 0.15) is 19.5 Å². The van der Waals surface area contributed by atoms with Crippen LogP contribution in [-0.2, 0) is 14.3 Å². The maximum atomic E-state index is 11.7. The first-order valence-corrected chi connectivity index (χ1v) is 8.57. The van der Waals surface area contributed by atoms with Crippen LogP contribution in [0.2, 0.25) is 0 Å². The molecule has 1 aliphatic heterocycles. The smallest absolute Gasteiger partial charge is 0.157 e. The predicted octanol–water partition coefficient (Wildman–Crippen LogP) is 1.67. The molecule has 1 atom stereocenters. The molecule has 0 bridgehead atoms. The maximum absolute atomic E-state index is 11.7. The number of hydrogen-bond acceptors (Lipinski definition) is 8. The third-order valence-electron chi connectivity index (χ3n) is 3.57. The van der Waals surface area contributed by atoms with Crippen LogP contribution in [0, 0.1) is 0 Å². The molecular weight excluding hydrogens is 332 g/mol. The lowest BCUT2D eigenvalue weighted by Gasteiger charge is -2.14. The lowest BCUT2D eigenvalue weighted by molar-refractivity contribution is -0.120. The molecule has 0 spiro atoms. The van der Waals surface area contributed by atoms with Crippen molar-refractivity contribution in [3.63, 3.8) is 0 Å². The molecule has 1 aromatic heterocycles. The van der Waals surface area contributed by atoms with Crippen LogP contribution in [0.5, 0.6) is 11.5 Å². The summed E-state index contributed by atoms with van der Waals surface area (Å²) >= 11 is 1.41. The second-order valence-corrected chi connectivity index (χ2v) is 6.49. The Balaban J connectivity index is 1.94. The van der Waals surface area contributed by atoms with Gasteiger partial charge in [0.25, 0.3) is 0 Å². The van der Waals surface area contributed by atoms with Crippen molar-refractivity contribution in [3.05, 3.63) is 18.0 Å². The summed E-state index contributed by atoms with van der Waals surface area (Å²) in [7, 11) is 1.61. The van der Waals surface area contributed by atoms with E-state index < -0.39 is 5.54 Å². The molecule has 0 amide bonds. The number of carbonyl (C=O) groups excluding carboxylic acids is 1. The van der Waals surface area contributed by atoms with Crippen LogP contribution in [0.15, 0.2) is 17.3 Å². The molecule has 7 nitrogen and oxygen atoms in total.